The van der Waals surface area contributed by atoms with Crippen molar-refractivity contribution in [1.29, 1.82) is 10.5 Å². The van der Waals surface area contributed by atoms with E-state index in [4.69, 9.17) is 5.26 Å². The summed E-state index contributed by atoms with van der Waals surface area (Å²) in [5.41, 5.74) is 2.86. The minimum atomic E-state index is -0.132. The van der Waals surface area contributed by atoms with Gasteiger partial charge in [-0.2, -0.15) is 10.5 Å². The summed E-state index contributed by atoms with van der Waals surface area (Å²) in [4.78, 5) is 0. The van der Waals surface area contributed by atoms with Crippen LogP contribution < -0.4 is 0 Å². The zero-order chi connectivity index (χ0) is 14.2. The highest BCUT2D eigenvalue weighted by Gasteiger charge is 2.10. The Morgan fingerprint density at radius 3 is 2.45 bits per heavy atom. The number of aryl methyl sites for hydroxylation is 1. The molecule has 1 atom stereocenters. The van der Waals surface area contributed by atoms with E-state index in [1.807, 2.05) is 36.4 Å². The molecule has 0 aliphatic carbocycles. The molecule has 2 rings (SSSR count). The molecule has 0 spiro atoms. The molecule has 0 saturated heterocycles. The molecule has 0 amide bonds. The summed E-state index contributed by atoms with van der Waals surface area (Å²) in [6, 6.07) is 22.1. The van der Waals surface area contributed by atoms with Gasteiger partial charge in [0.05, 0.1) is 23.6 Å². The Kier molecular flexibility index (Phi) is 4.93. The smallest absolute Gasteiger partial charge is 0.0991 e. The van der Waals surface area contributed by atoms with E-state index < -0.39 is 0 Å². The fraction of sp³-hybridized carbons (Fsp3) is 0.222. The van der Waals surface area contributed by atoms with E-state index >= 15 is 0 Å². The van der Waals surface area contributed by atoms with Crippen molar-refractivity contribution in [3.8, 4) is 12.1 Å². The molecule has 0 heterocycles. The number of hydrogen-bond acceptors (Lipinski definition) is 2. The van der Waals surface area contributed by atoms with Gasteiger partial charge in [0.1, 0.15) is 0 Å². The number of rotatable bonds is 5. The zero-order valence-electron chi connectivity index (χ0n) is 11.3. The van der Waals surface area contributed by atoms with E-state index in [9.17, 15) is 5.26 Å². The van der Waals surface area contributed by atoms with Gasteiger partial charge in [0.2, 0.25) is 0 Å². The normalized spacial score (nSPS) is 11.3. The average Bonchev–Trinajstić information content (AvgIpc) is 2.52. The second kappa shape index (κ2) is 7.12. The Bertz CT molecular complexity index is 632. The molecule has 0 aliphatic heterocycles. The van der Waals surface area contributed by atoms with Gasteiger partial charge in [0.15, 0.2) is 0 Å². The van der Waals surface area contributed by atoms with Gasteiger partial charge in [-0.3, -0.25) is 0 Å². The monoisotopic (exact) mass is 260 g/mol. The molecule has 0 aliphatic rings. The Morgan fingerprint density at radius 1 is 0.950 bits per heavy atom. The summed E-state index contributed by atoms with van der Waals surface area (Å²) in [6.07, 6.45) is 2.77. The molecule has 2 aromatic carbocycles. The first-order valence-corrected chi connectivity index (χ1v) is 6.77. The third-order valence-electron chi connectivity index (χ3n) is 3.38. The van der Waals surface area contributed by atoms with Crippen LogP contribution in [0.15, 0.2) is 54.6 Å². The number of hydrogen-bond donors (Lipinski definition) is 0. The maximum absolute atomic E-state index is 9.31. The third kappa shape index (κ3) is 3.70. The van der Waals surface area contributed by atoms with E-state index in [0.29, 0.717) is 5.56 Å². The summed E-state index contributed by atoms with van der Waals surface area (Å²) < 4.78 is 0. The van der Waals surface area contributed by atoms with Crippen molar-refractivity contribution in [2.24, 2.45) is 0 Å². The molecular weight excluding hydrogens is 244 g/mol. The molecule has 2 heteroatoms. The van der Waals surface area contributed by atoms with E-state index in [1.165, 1.54) is 5.56 Å². The number of nitrogens with zero attached hydrogens (tertiary/aromatic N) is 2. The molecule has 0 fully saturated rings. The van der Waals surface area contributed by atoms with E-state index in [-0.39, 0.29) is 5.92 Å². The predicted molar refractivity (Wildman–Crippen MR) is 78.9 cm³/mol. The van der Waals surface area contributed by atoms with Crippen LogP contribution in [0.4, 0.5) is 0 Å². The zero-order valence-corrected chi connectivity index (χ0v) is 11.3. The minimum absolute atomic E-state index is 0.132. The maximum atomic E-state index is 9.31. The fourth-order valence-corrected chi connectivity index (χ4v) is 2.29. The van der Waals surface area contributed by atoms with Crippen molar-refractivity contribution in [2.45, 2.75) is 25.2 Å². The summed E-state index contributed by atoms with van der Waals surface area (Å²) in [5, 5.41) is 18.2. The maximum Gasteiger partial charge on any atom is 0.0991 e. The standard InChI is InChI=1S/C18H16N2/c19-13-16-9-5-10-17(12-16)18(14-20)11-4-8-15-6-2-1-3-7-15/h1-3,5-7,9-10,12,18H,4,8,11H2. The average molecular weight is 260 g/mol. The van der Waals surface area contributed by atoms with Crippen molar-refractivity contribution in [3.63, 3.8) is 0 Å². The molecule has 98 valence electrons. The van der Waals surface area contributed by atoms with Crippen LogP contribution in [-0.4, -0.2) is 0 Å². The molecular formula is C18H16N2. The molecule has 2 nitrogen and oxygen atoms in total. The van der Waals surface area contributed by atoms with Gasteiger partial charge in [0.25, 0.3) is 0 Å². The number of nitriles is 2. The molecule has 0 N–H and O–H groups in total. The quantitative estimate of drug-likeness (QED) is 0.809. The van der Waals surface area contributed by atoms with Gasteiger partial charge in [0, 0.05) is 0 Å². The van der Waals surface area contributed by atoms with Gasteiger partial charge in [-0.15, -0.1) is 0 Å². The predicted octanol–water partition coefficient (Wildman–Crippen LogP) is 4.19. The van der Waals surface area contributed by atoms with Gasteiger partial charge in [-0.1, -0.05) is 42.5 Å². The molecule has 20 heavy (non-hydrogen) atoms. The van der Waals surface area contributed by atoms with Gasteiger partial charge in [-0.25, -0.2) is 0 Å². The number of benzene rings is 2. The van der Waals surface area contributed by atoms with Crippen molar-refractivity contribution < 1.29 is 0 Å². The Balaban J connectivity index is 1.96. The van der Waals surface area contributed by atoms with Crippen LogP contribution >= 0.6 is 0 Å². The van der Waals surface area contributed by atoms with Gasteiger partial charge < -0.3 is 0 Å². The van der Waals surface area contributed by atoms with E-state index in [2.05, 4.69) is 24.3 Å². The van der Waals surface area contributed by atoms with Crippen LogP contribution in [0.1, 0.15) is 35.4 Å². The second-order valence-electron chi connectivity index (χ2n) is 4.80. The van der Waals surface area contributed by atoms with E-state index in [0.717, 1.165) is 24.8 Å². The van der Waals surface area contributed by atoms with Crippen molar-refractivity contribution >= 4 is 0 Å². The molecule has 1 unspecified atom stereocenters. The second-order valence-corrected chi connectivity index (χ2v) is 4.80. The minimum Gasteiger partial charge on any atom is -0.198 e. The Labute approximate surface area is 119 Å². The molecule has 0 aromatic heterocycles. The van der Waals surface area contributed by atoms with Crippen molar-refractivity contribution in [3.05, 3.63) is 71.3 Å². The Hall–Kier alpha value is -2.58. The van der Waals surface area contributed by atoms with Gasteiger partial charge in [-0.05, 0) is 42.5 Å². The first kappa shape index (κ1) is 13.8. The molecule has 0 radical (unpaired) electrons. The van der Waals surface area contributed by atoms with Crippen LogP contribution in [0.3, 0.4) is 0 Å². The topological polar surface area (TPSA) is 47.6 Å². The lowest BCUT2D eigenvalue weighted by molar-refractivity contribution is 0.683. The van der Waals surface area contributed by atoms with Crippen LogP contribution in [0.5, 0.6) is 0 Å². The summed E-state index contributed by atoms with van der Waals surface area (Å²) >= 11 is 0. The summed E-state index contributed by atoms with van der Waals surface area (Å²) in [7, 11) is 0. The highest BCUT2D eigenvalue weighted by Crippen LogP contribution is 2.22. The molecule has 2 aromatic rings. The molecule has 0 bridgehead atoms. The van der Waals surface area contributed by atoms with Crippen LogP contribution in [0.25, 0.3) is 0 Å². The van der Waals surface area contributed by atoms with Crippen LogP contribution in [0.2, 0.25) is 0 Å². The first-order chi connectivity index (χ1) is 9.83. The van der Waals surface area contributed by atoms with Crippen molar-refractivity contribution in [1.82, 2.24) is 0 Å². The first-order valence-electron chi connectivity index (χ1n) is 6.77. The van der Waals surface area contributed by atoms with Crippen LogP contribution in [0, 0.1) is 22.7 Å². The van der Waals surface area contributed by atoms with E-state index in [1.54, 1.807) is 6.07 Å². The Morgan fingerprint density at radius 2 is 1.75 bits per heavy atom. The highest BCUT2D eigenvalue weighted by atomic mass is 14.3. The van der Waals surface area contributed by atoms with Crippen molar-refractivity contribution in [2.75, 3.05) is 0 Å². The lowest BCUT2D eigenvalue weighted by Crippen LogP contribution is -1.98. The summed E-state index contributed by atoms with van der Waals surface area (Å²) in [5.74, 6) is -0.132. The molecule has 0 saturated carbocycles. The fourth-order valence-electron chi connectivity index (χ4n) is 2.29. The van der Waals surface area contributed by atoms with Gasteiger partial charge >= 0.3 is 0 Å². The van der Waals surface area contributed by atoms with Crippen LogP contribution in [-0.2, 0) is 6.42 Å². The lowest BCUT2D eigenvalue weighted by Gasteiger charge is -2.09. The highest BCUT2D eigenvalue weighted by molar-refractivity contribution is 5.36. The SMILES string of the molecule is N#Cc1cccc(C(C#N)CCCc2ccccc2)c1. The third-order valence-corrected chi connectivity index (χ3v) is 3.38. The lowest BCUT2D eigenvalue weighted by atomic mass is 9.93. The largest absolute Gasteiger partial charge is 0.198 e. The summed E-state index contributed by atoms with van der Waals surface area (Å²) in [6.45, 7) is 0.